The van der Waals surface area contributed by atoms with E-state index in [2.05, 4.69) is 48.0 Å². The first-order valence-corrected chi connectivity index (χ1v) is 7.46. The van der Waals surface area contributed by atoms with Gasteiger partial charge in [0.15, 0.2) is 0 Å². The summed E-state index contributed by atoms with van der Waals surface area (Å²) < 4.78 is 5.42. The molecule has 1 saturated heterocycles. The zero-order valence-corrected chi connectivity index (χ0v) is 12.7. The van der Waals surface area contributed by atoms with Crippen molar-refractivity contribution in [3.05, 3.63) is 35.0 Å². The average Bonchev–Trinajstić information content (AvgIpc) is 2.46. The average molecular weight is 291 g/mol. The van der Waals surface area contributed by atoms with Crippen molar-refractivity contribution in [2.75, 3.05) is 31.2 Å². The summed E-state index contributed by atoms with van der Waals surface area (Å²) in [6.45, 7) is 7.64. The second kappa shape index (κ2) is 5.58. The second-order valence-electron chi connectivity index (χ2n) is 5.47. The van der Waals surface area contributed by atoms with Crippen LogP contribution in [0.5, 0.6) is 0 Å². The third-order valence-corrected chi connectivity index (χ3v) is 4.08. The van der Waals surface area contributed by atoms with Gasteiger partial charge in [0.1, 0.15) is 5.15 Å². The van der Waals surface area contributed by atoms with E-state index >= 15 is 0 Å². The summed E-state index contributed by atoms with van der Waals surface area (Å²) in [4.78, 5) is 6.98. The number of halogens is 1. The first-order chi connectivity index (χ1) is 9.66. The number of morpholine rings is 1. The van der Waals surface area contributed by atoms with Gasteiger partial charge in [0.05, 0.1) is 24.4 Å². The zero-order valence-electron chi connectivity index (χ0n) is 11.9. The first kappa shape index (κ1) is 13.7. The van der Waals surface area contributed by atoms with Crippen LogP contribution >= 0.6 is 11.6 Å². The summed E-state index contributed by atoms with van der Waals surface area (Å²) in [5, 5.41) is 1.77. The molecular formula is C16H19ClN2O. The van der Waals surface area contributed by atoms with Crippen LogP contribution in [0.2, 0.25) is 5.15 Å². The fourth-order valence-corrected chi connectivity index (χ4v) is 3.00. The first-order valence-electron chi connectivity index (χ1n) is 7.08. The van der Waals surface area contributed by atoms with Crippen LogP contribution in [0.15, 0.2) is 24.3 Å². The van der Waals surface area contributed by atoms with E-state index in [0.717, 1.165) is 48.5 Å². The topological polar surface area (TPSA) is 25.4 Å². The van der Waals surface area contributed by atoms with Gasteiger partial charge in [-0.05, 0) is 23.6 Å². The Morgan fingerprint density at radius 1 is 1.25 bits per heavy atom. The SMILES string of the molecule is CC(C)c1cc2cccc(N3CCOCC3)c2nc1Cl. The molecule has 0 saturated carbocycles. The van der Waals surface area contributed by atoms with Crippen LogP contribution in [0.1, 0.15) is 25.3 Å². The molecule has 0 aliphatic carbocycles. The number of ether oxygens (including phenoxy) is 1. The number of aromatic nitrogens is 1. The highest BCUT2D eigenvalue weighted by Crippen LogP contribution is 2.31. The fourth-order valence-electron chi connectivity index (χ4n) is 2.64. The normalized spacial score (nSPS) is 16.1. The van der Waals surface area contributed by atoms with E-state index in [9.17, 15) is 0 Å². The lowest BCUT2D eigenvalue weighted by atomic mass is 10.0. The summed E-state index contributed by atoms with van der Waals surface area (Å²) in [5.74, 6) is 0.381. The van der Waals surface area contributed by atoms with Gasteiger partial charge in [-0.15, -0.1) is 0 Å². The molecule has 106 valence electrons. The van der Waals surface area contributed by atoms with Crippen LogP contribution in [-0.2, 0) is 4.74 Å². The molecule has 3 rings (SSSR count). The monoisotopic (exact) mass is 290 g/mol. The molecule has 20 heavy (non-hydrogen) atoms. The van der Waals surface area contributed by atoms with Gasteiger partial charge in [-0.3, -0.25) is 0 Å². The molecule has 3 nitrogen and oxygen atoms in total. The van der Waals surface area contributed by atoms with E-state index in [4.69, 9.17) is 16.3 Å². The van der Waals surface area contributed by atoms with Crippen LogP contribution in [-0.4, -0.2) is 31.3 Å². The quantitative estimate of drug-likeness (QED) is 0.786. The maximum absolute atomic E-state index is 6.35. The number of hydrogen-bond acceptors (Lipinski definition) is 3. The van der Waals surface area contributed by atoms with Crippen molar-refractivity contribution < 1.29 is 4.74 Å². The van der Waals surface area contributed by atoms with E-state index in [0.29, 0.717) is 11.1 Å². The summed E-state index contributed by atoms with van der Waals surface area (Å²) in [7, 11) is 0. The molecule has 1 fully saturated rings. The number of benzene rings is 1. The molecule has 1 aliphatic rings. The highest BCUT2D eigenvalue weighted by atomic mass is 35.5. The Morgan fingerprint density at radius 2 is 2.00 bits per heavy atom. The number of para-hydroxylation sites is 1. The number of anilines is 1. The minimum absolute atomic E-state index is 0.381. The van der Waals surface area contributed by atoms with Crippen LogP contribution in [0, 0.1) is 0 Å². The molecule has 2 aromatic rings. The third-order valence-electron chi connectivity index (χ3n) is 3.78. The van der Waals surface area contributed by atoms with Crippen LogP contribution in [0.4, 0.5) is 5.69 Å². The van der Waals surface area contributed by atoms with Crippen molar-refractivity contribution >= 4 is 28.2 Å². The van der Waals surface area contributed by atoms with Crippen LogP contribution in [0.25, 0.3) is 10.9 Å². The molecule has 0 bridgehead atoms. The molecule has 0 unspecified atom stereocenters. The second-order valence-corrected chi connectivity index (χ2v) is 5.83. The highest BCUT2D eigenvalue weighted by molar-refractivity contribution is 6.30. The lowest BCUT2D eigenvalue weighted by Crippen LogP contribution is -2.36. The predicted molar refractivity (Wildman–Crippen MR) is 83.9 cm³/mol. The van der Waals surface area contributed by atoms with E-state index in [1.54, 1.807) is 0 Å². The van der Waals surface area contributed by atoms with Gasteiger partial charge < -0.3 is 9.64 Å². The Bertz CT molecular complexity index is 621. The number of pyridine rings is 1. The summed E-state index contributed by atoms with van der Waals surface area (Å²) in [6, 6.07) is 8.48. The van der Waals surface area contributed by atoms with Crippen molar-refractivity contribution in [3.8, 4) is 0 Å². The molecule has 1 aliphatic heterocycles. The molecular weight excluding hydrogens is 272 g/mol. The van der Waals surface area contributed by atoms with Crippen molar-refractivity contribution in [3.63, 3.8) is 0 Å². The van der Waals surface area contributed by atoms with E-state index in [1.165, 1.54) is 0 Å². The molecule has 1 aromatic carbocycles. The van der Waals surface area contributed by atoms with Crippen LogP contribution in [0.3, 0.4) is 0 Å². The molecule has 0 N–H and O–H groups in total. The highest BCUT2D eigenvalue weighted by Gasteiger charge is 2.16. The van der Waals surface area contributed by atoms with Gasteiger partial charge in [-0.1, -0.05) is 37.6 Å². The largest absolute Gasteiger partial charge is 0.378 e. The Hall–Kier alpha value is -1.32. The maximum Gasteiger partial charge on any atom is 0.133 e. The molecule has 2 heterocycles. The third kappa shape index (κ3) is 2.48. The van der Waals surface area contributed by atoms with Crippen LogP contribution < -0.4 is 4.90 Å². The zero-order chi connectivity index (χ0) is 14.1. The van der Waals surface area contributed by atoms with Gasteiger partial charge in [-0.25, -0.2) is 4.98 Å². The lowest BCUT2D eigenvalue weighted by Gasteiger charge is -2.29. The molecule has 0 radical (unpaired) electrons. The lowest BCUT2D eigenvalue weighted by molar-refractivity contribution is 0.123. The smallest absolute Gasteiger partial charge is 0.133 e. The van der Waals surface area contributed by atoms with Crippen molar-refractivity contribution in [2.24, 2.45) is 0 Å². The number of fused-ring (bicyclic) bond motifs is 1. The summed E-state index contributed by atoms with van der Waals surface area (Å²) in [6.07, 6.45) is 0. The standard InChI is InChI=1S/C16H19ClN2O/c1-11(2)13-10-12-4-3-5-14(15(12)18-16(13)17)19-6-8-20-9-7-19/h3-5,10-11H,6-9H2,1-2H3. The molecule has 0 atom stereocenters. The number of rotatable bonds is 2. The summed E-state index contributed by atoms with van der Waals surface area (Å²) >= 11 is 6.35. The predicted octanol–water partition coefficient (Wildman–Crippen LogP) is 3.85. The molecule has 0 spiro atoms. The molecule has 0 amide bonds. The summed E-state index contributed by atoms with van der Waals surface area (Å²) in [5.41, 5.74) is 3.25. The van der Waals surface area contributed by atoms with E-state index in [-0.39, 0.29) is 0 Å². The van der Waals surface area contributed by atoms with Crippen molar-refractivity contribution in [1.29, 1.82) is 0 Å². The van der Waals surface area contributed by atoms with Gasteiger partial charge in [0.2, 0.25) is 0 Å². The molecule has 1 aromatic heterocycles. The van der Waals surface area contributed by atoms with Gasteiger partial charge >= 0.3 is 0 Å². The number of nitrogens with zero attached hydrogens (tertiary/aromatic N) is 2. The Labute approximate surface area is 124 Å². The van der Waals surface area contributed by atoms with Crippen molar-refractivity contribution in [2.45, 2.75) is 19.8 Å². The Balaban J connectivity index is 2.11. The van der Waals surface area contributed by atoms with E-state index in [1.807, 2.05) is 0 Å². The number of hydrogen-bond donors (Lipinski definition) is 0. The van der Waals surface area contributed by atoms with Gasteiger partial charge in [0.25, 0.3) is 0 Å². The van der Waals surface area contributed by atoms with Gasteiger partial charge in [-0.2, -0.15) is 0 Å². The minimum atomic E-state index is 0.381. The van der Waals surface area contributed by atoms with E-state index < -0.39 is 0 Å². The van der Waals surface area contributed by atoms with Crippen molar-refractivity contribution in [1.82, 2.24) is 4.98 Å². The Kier molecular flexibility index (Phi) is 3.81. The maximum atomic E-state index is 6.35. The fraction of sp³-hybridized carbons (Fsp3) is 0.438. The Morgan fingerprint density at radius 3 is 2.70 bits per heavy atom. The molecule has 4 heteroatoms. The van der Waals surface area contributed by atoms with Gasteiger partial charge in [0, 0.05) is 18.5 Å². The minimum Gasteiger partial charge on any atom is -0.378 e.